The van der Waals surface area contributed by atoms with E-state index in [4.69, 9.17) is 9.73 Å². The first-order valence-electron chi connectivity index (χ1n) is 10.0. The fraction of sp³-hybridized carbons (Fsp3) is 0.476. The van der Waals surface area contributed by atoms with E-state index in [0.717, 1.165) is 29.5 Å². The second-order valence-corrected chi connectivity index (χ2v) is 7.32. The molecule has 1 saturated heterocycles. The van der Waals surface area contributed by atoms with Crippen molar-refractivity contribution in [3.05, 3.63) is 42.2 Å². The van der Waals surface area contributed by atoms with Crippen molar-refractivity contribution in [1.82, 2.24) is 20.0 Å². The molecule has 2 heterocycles. The van der Waals surface area contributed by atoms with Crippen molar-refractivity contribution in [3.63, 3.8) is 0 Å². The fourth-order valence-corrected chi connectivity index (χ4v) is 3.21. The average molecular weight is 526 g/mol. The second kappa shape index (κ2) is 11.2. The van der Waals surface area contributed by atoms with Crippen LogP contribution in [0.4, 0.5) is 5.69 Å². The third-order valence-electron chi connectivity index (χ3n) is 4.56. The number of amides is 1. The van der Waals surface area contributed by atoms with Crippen LogP contribution in [0.15, 0.2) is 41.7 Å². The predicted octanol–water partition coefficient (Wildman–Crippen LogP) is 2.64. The number of hydrogen-bond acceptors (Lipinski definition) is 4. The summed E-state index contributed by atoms with van der Waals surface area (Å²) in [6.45, 7) is 8.96. The minimum Gasteiger partial charge on any atom is -0.491 e. The molecule has 8 nitrogen and oxygen atoms in total. The second-order valence-electron chi connectivity index (χ2n) is 7.32. The molecule has 0 unspecified atom stereocenters. The van der Waals surface area contributed by atoms with Crippen molar-refractivity contribution < 1.29 is 9.53 Å². The topological polar surface area (TPSA) is 75.0 Å². The quantitative estimate of drug-likeness (QED) is 0.356. The van der Waals surface area contributed by atoms with Gasteiger partial charge in [0, 0.05) is 32.9 Å². The number of anilines is 1. The minimum absolute atomic E-state index is 0. The van der Waals surface area contributed by atoms with Crippen LogP contribution in [-0.2, 0) is 18.4 Å². The highest BCUT2D eigenvalue weighted by molar-refractivity contribution is 14.0. The van der Waals surface area contributed by atoms with Gasteiger partial charge in [0.15, 0.2) is 5.96 Å². The van der Waals surface area contributed by atoms with Crippen LogP contribution in [0, 0.1) is 0 Å². The Morgan fingerprint density at radius 1 is 1.27 bits per heavy atom. The molecule has 0 aliphatic carbocycles. The van der Waals surface area contributed by atoms with Gasteiger partial charge in [-0.1, -0.05) is 12.1 Å². The first kappa shape index (κ1) is 24.0. The number of benzene rings is 1. The number of carbonyl (C=O) groups excluding carboxylic acids is 1. The predicted molar refractivity (Wildman–Crippen MR) is 130 cm³/mol. The van der Waals surface area contributed by atoms with Gasteiger partial charge in [0.25, 0.3) is 0 Å². The summed E-state index contributed by atoms with van der Waals surface area (Å²) >= 11 is 0. The molecule has 9 heteroatoms. The monoisotopic (exact) mass is 526 g/mol. The van der Waals surface area contributed by atoms with E-state index in [0.29, 0.717) is 26.2 Å². The molecule has 1 aliphatic heterocycles. The van der Waals surface area contributed by atoms with Crippen molar-refractivity contribution in [1.29, 1.82) is 0 Å². The number of piperazine rings is 1. The lowest BCUT2D eigenvalue weighted by Crippen LogP contribution is -2.55. The van der Waals surface area contributed by atoms with Crippen molar-refractivity contribution in [2.24, 2.45) is 12.0 Å². The van der Waals surface area contributed by atoms with Crippen molar-refractivity contribution >= 4 is 41.5 Å². The molecule has 1 fully saturated rings. The van der Waals surface area contributed by atoms with Gasteiger partial charge in [-0.2, -0.15) is 5.10 Å². The minimum atomic E-state index is 0. The largest absolute Gasteiger partial charge is 0.491 e. The zero-order valence-electron chi connectivity index (χ0n) is 18.0. The van der Waals surface area contributed by atoms with Crippen molar-refractivity contribution in [2.75, 3.05) is 31.1 Å². The van der Waals surface area contributed by atoms with Gasteiger partial charge in [-0.3, -0.25) is 9.48 Å². The number of carbonyl (C=O) groups is 1. The molecule has 0 bridgehead atoms. The summed E-state index contributed by atoms with van der Waals surface area (Å²) in [4.78, 5) is 21.2. The zero-order chi connectivity index (χ0) is 20.8. The first-order valence-corrected chi connectivity index (χ1v) is 10.0. The molecule has 3 rings (SSSR count). The lowest BCUT2D eigenvalue weighted by atomic mass is 10.2. The molecular weight excluding hydrogens is 495 g/mol. The Kier molecular flexibility index (Phi) is 8.94. The summed E-state index contributed by atoms with van der Waals surface area (Å²) in [7, 11) is 1.85. The Bertz CT molecular complexity index is 849. The van der Waals surface area contributed by atoms with Crippen LogP contribution in [0.2, 0.25) is 0 Å². The Hall–Kier alpha value is -2.30. The van der Waals surface area contributed by atoms with Gasteiger partial charge in [-0.15, -0.1) is 24.0 Å². The third-order valence-corrected chi connectivity index (χ3v) is 4.56. The van der Waals surface area contributed by atoms with Gasteiger partial charge >= 0.3 is 0 Å². The zero-order valence-corrected chi connectivity index (χ0v) is 20.4. The van der Waals surface area contributed by atoms with Gasteiger partial charge in [0.2, 0.25) is 5.91 Å². The molecule has 0 spiro atoms. The average Bonchev–Trinajstić information content (AvgIpc) is 3.12. The first-order chi connectivity index (χ1) is 14.0. The van der Waals surface area contributed by atoms with Gasteiger partial charge < -0.3 is 19.9 Å². The van der Waals surface area contributed by atoms with E-state index >= 15 is 0 Å². The summed E-state index contributed by atoms with van der Waals surface area (Å²) in [5.41, 5.74) is 1.93. The van der Waals surface area contributed by atoms with Crippen LogP contribution < -0.4 is 15.0 Å². The Morgan fingerprint density at radius 3 is 2.57 bits per heavy atom. The number of hydrogen-bond donors (Lipinski definition) is 1. The summed E-state index contributed by atoms with van der Waals surface area (Å²) in [5, 5.41) is 7.46. The van der Waals surface area contributed by atoms with Crippen LogP contribution in [-0.4, -0.2) is 58.8 Å². The van der Waals surface area contributed by atoms with Gasteiger partial charge in [0.05, 0.1) is 24.5 Å². The molecule has 1 N–H and O–H groups in total. The van der Waals surface area contributed by atoms with Crippen LogP contribution in [0.1, 0.15) is 26.3 Å². The van der Waals surface area contributed by atoms with Crippen LogP contribution >= 0.6 is 24.0 Å². The number of ether oxygens (including phenoxy) is 1. The summed E-state index contributed by atoms with van der Waals surface area (Å²) in [5.74, 6) is 1.66. The molecule has 2 aromatic rings. The van der Waals surface area contributed by atoms with E-state index < -0.39 is 0 Å². The maximum atomic E-state index is 12.7. The number of aryl methyl sites for hydroxylation is 1. The number of halogens is 1. The van der Waals surface area contributed by atoms with Gasteiger partial charge in [-0.05, 0) is 38.5 Å². The van der Waals surface area contributed by atoms with Gasteiger partial charge in [0.1, 0.15) is 12.3 Å². The lowest BCUT2D eigenvalue weighted by molar-refractivity contribution is -0.120. The number of nitrogens with one attached hydrogen (secondary N) is 1. The van der Waals surface area contributed by atoms with E-state index in [1.807, 2.05) is 63.2 Å². The maximum Gasteiger partial charge on any atom is 0.246 e. The molecule has 1 aliphatic rings. The van der Waals surface area contributed by atoms with E-state index in [1.54, 1.807) is 15.8 Å². The van der Waals surface area contributed by atoms with Crippen LogP contribution in [0.5, 0.6) is 5.75 Å². The Morgan fingerprint density at radius 2 is 2.00 bits per heavy atom. The number of aliphatic imine (C=N–C) groups is 1. The molecular formula is C21H31IN6O2. The summed E-state index contributed by atoms with van der Waals surface area (Å²) in [6, 6.07) is 7.98. The normalized spacial score (nSPS) is 14.7. The highest BCUT2D eigenvalue weighted by atomic mass is 127. The van der Waals surface area contributed by atoms with E-state index in [-0.39, 0.29) is 36.0 Å². The molecule has 1 amide bonds. The molecule has 1 aromatic heterocycles. The lowest BCUT2D eigenvalue weighted by Gasteiger charge is -2.35. The molecule has 164 valence electrons. The van der Waals surface area contributed by atoms with Crippen LogP contribution in [0.25, 0.3) is 0 Å². The number of guanidine groups is 1. The Balaban J connectivity index is 0.00000320. The molecule has 30 heavy (non-hydrogen) atoms. The SMILES string of the molecule is CCNC(=NCc1ccc(OC(C)C)cc1)N1CCN(c2cnn(C)c2)C(=O)C1.I. The smallest absolute Gasteiger partial charge is 0.246 e. The van der Waals surface area contributed by atoms with Crippen molar-refractivity contribution in [2.45, 2.75) is 33.4 Å². The number of rotatable bonds is 6. The highest BCUT2D eigenvalue weighted by Crippen LogP contribution is 2.17. The summed E-state index contributed by atoms with van der Waals surface area (Å²) < 4.78 is 7.39. The number of nitrogens with zero attached hydrogens (tertiary/aromatic N) is 5. The van der Waals surface area contributed by atoms with E-state index in [9.17, 15) is 4.79 Å². The van der Waals surface area contributed by atoms with E-state index in [2.05, 4.69) is 10.4 Å². The highest BCUT2D eigenvalue weighted by Gasteiger charge is 2.27. The fourth-order valence-electron chi connectivity index (χ4n) is 3.21. The Labute approximate surface area is 195 Å². The third kappa shape index (κ3) is 6.35. The standard InChI is InChI=1S/C21H30N6O2.HI/c1-5-22-21(23-12-17-6-8-19(9-7-17)29-16(2)3)26-10-11-27(20(28)15-26)18-13-24-25(4)14-18;/h6-9,13-14,16H,5,10-12,15H2,1-4H3,(H,22,23);1H. The van der Waals surface area contributed by atoms with Gasteiger partial charge in [-0.25, -0.2) is 4.99 Å². The molecule has 1 aromatic carbocycles. The summed E-state index contributed by atoms with van der Waals surface area (Å²) in [6.07, 6.45) is 3.74. The molecule has 0 radical (unpaired) electrons. The van der Waals surface area contributed by atoms with E-state index in [1.165, 1.54) is 0 Å². The van der Waals surface area contributed by atoms with Crippen molar-refractivity contribution in [3.8, 4) is 5.75 Å². The molecule has 0 saturated carbocycles. The number of aromatic nitrogens is 2. The molecule has 0 atom stereocenters. The maximum absolute atomic E-state index is 12.7. The van der Waals surface area contributed by atoms with Crippen LogP contribution in [0.3, 0.4) is 0 Å².